The number of rotatable bonds is 4. The molecule has 2 aromatic rings. The van der Waals surface area contributed by atoms with Crippen LogP contribution in [0, 0.1) is 0 Å². The molecule has 2 rings (SSSR count). The third kappa shape index (κ3) is 4.60. The van der Waals surface area contributed by atoms with Gasteiger partial charge in [-0.25, -0.2) is 9.59 Å². The molecule has 0 heterocycles. The summed E-state index contributed by atoms with van der Waals surface area (Å²) in [6.45, 7) is 2.00. The van der Waals surface area contributed by atoms with Gasteiger partial charge in [-0.3, -0.25) is 5.32 Å². The van der Waals surface area contributed by atoms with Crippen LogP contribution in [0.5, 0.6) is 5.75 Å². The van der Waals surface area contributed by atoms with Crippen molar-refractivity contribution in [2.45, 2.75) is 6.92 Å². The van der Waals surface area contributed by atoms with Crippen molar-refractivity contribution in [2.75, 3.05) is 11.9 Å². The normalized spacial score (nSPS) is 9.91. The highest BCUT2D eigenvalue weighted by Crippen LogP contribution is 2.19. The Hall–Kier alpha value is -2.34. The second-order valence-corrected chi connectivity index (χ2v) is 5.19. The molecule has 0 fully saturated rings. The molecule has 5 nitrogen and oxygen atoms in total. The number of anilines is 1. The van der Waals surface area contributed by atoms with Gasteiger partial charge in [-0.2, -0.15) is 0 Å². The number of nitrogens with one attached hydrogen (secondary N) is 1. The van der Waals surface area contributed by atoms with Crippen LogP contribution in [0.25, 0.3) is 0 Å². The molecule has 2 aromatic carbocycles. The Morgan fingerprint density at radius 1 is 1.14 bits per heavy atom. The lowest BCUT2D eigenvalue weighted by Crippen LogP contribution is -2.13. The number of amides is 1. The van der Waals surface area contributed by atoms with Crippen LogP contribution in [-0.2, 0) is 4.74 Å². The van der Waals surface area contributed by atoms with Crippen molar-refractivity contribution < 1.29 is 19.1 Å². The third-order valence-electron chi connectivity index (χ3n) is 2.65. The Balaban J connectivity index is 2.05. The standard InChI is InChI=1S/C16H14BrNO4/c1-2-21-16(20)18-13-4-3-5-14(10-13)22-15(19)11-6-8-12(17)9-7-11/h3-10H,2H2,1H3,(H,18,20). The lowest BCUT2D eigenvalue weighted by Gasteiger charge is -2.08. The molecule has 0 aliphatic rings. The van der Waals surface area contributed by atoms with Crippen molar-refractivity contribution in [1.29, 1.82) is 0 Å². The summed E-state index contributed by atoms with van der Waals surface area (Å²) >= 11 is 3.30. The first-order valence-electron chi connectivity index (χ1n) is 6.60. The van der Waals surface area contributed by atoms with Crippen molar-refractivity contribution in [2.24, 2.45) is 0 Å². The molecule has 0 radical (unpaired) electrons. The minimum absolute atomic E-state index is 0.282. The van der Waals surface area contributed by atoms with Gasteiger partial charge in [0, 0.05) is 16.2 Å². The van der Waals surface area contributed by atoms with Gasteiger partial charge < -0.3 is 9.47 Å². The summed E-state index contributed by atoms with van der Waals surface area (Å²) < 4.78 is 10.9. The third-order valence-corrected chi connectivity index (χ3v) is 3.18. The van der Waals surface area contributed by atoms with E-state index in [1.54, 1.807) is 55.5 Å². The lowest BCUT2D eigenvalue weighted by atomic mass is 10.2. The van der Waals surface area contributed by atoms with Crippen LogP contribution in [0.1, 0.15) is 17.3 Å². The van der Waals surface area contributed by atoms with Gasteiger partial charge in [-0.1, -0.05) is 22.0 Å². The Morgan fingerprint density at radius 3 is 2.55 bits per heavy atom. The smallest absolute Gasteiger partial charge is 0.411 e. The second-order valence-electron chi connectivity index (χ2n) is 4.27. The number of esters is 1. The van der Waals surface area contributed by atoms with E-state index in [-0.39, 0.29) is 6.61 Å². The summed E-state index contributed by atoms with van der Waals surface area (Å²) in [5, 5.41) is 2.55. The van der Waals surface area contributed by atoms with Gasteiger partial charge in [0.25, 0.3) is 0 Å². The minimum atomic E-state index is -0.557. The molecule has 0 spiro atoms. The molecule has 0 saturated carbocycles. The highest BCUT2D eigenvalue weighted by molar-refractivity contribution is 9.10. The SMILES string of the molecule is CCOC(=O)Nc1cccc(OC(=O)c2ccc(Br)cc2)c1. The zero-order valence-electron chi connectivity index (χ0n) is 11.8. The Kier molecular flexibility index (Phi) is 5.55. The quantitative estimate of drug-likeness (QED) is 0.651. The van der Waals surface area contributed by atoms with E-state index in [1.807, 2.05) is 0 Å². The first kappa shape index (κ1) is 16.0. The maximum Gasteiger partial charge on any atom is 0.411 e. The van der Waals surface area contributed by atoms with Crippen LogP contribution in [-0.4, -0.2) is 18.7 Å². The van der Waals surface area contributed by atoms with Crippen LogP contribution in [0.15, 0.2) is 53.0 Å². The van der Waals surface area contributed by atoms with Crippen LogP contribution in [0.3, 0.4) is 0 Å². The fraction of sp³-hybridized carbons (Fsp3) is 0.125. The van der Waals surface area contributed by atoms with Gasteiger partial charge >= 0.3 is 12.1 Å². The fourth-order valence-electron chi connectivity index (χ4n) is 1.67. The van der Waals surface area contributed by atoms with Gasteiger partial charge in [0.05, 0.1) is 12.2 Å². The van der Waals surface area contributed by atoms with Crippen molar-refractivity contribution in [3.05, 3.63) is 58.6 Å². The van der Waals surface area contributed by atoms with E-state index in [9.17, 15) is 9.59 Å². The Labute approximate surface area is 136 Å². The summed E-state index contributed by atoms with van der Waals surface area (Å²) in [5.41, 5.74) is 0.923. The lowest BCUT2D eigenvalue weighted by molar-refractivity contribution is 0.0735. The Bertz CT molecular complexity index is 670. The zero-order chi connectivity index (χ0) is 15.9. The van der Waals surface area contributed by atoms with Crippen LogP contribution in [0.4, 0.5) is 10.5 Å². The zero-order valence-corrected chi connectivity index (χ0v) is 13.4. The number of ether oxygens (including phenoxy) is 2. The van der Waals surface area contributed by atoms with E-state index in [2.05, 4.69) is 21.2 Å². The first-order chi connectivity index (χ1) is 10.6. The van der Waals surface area contributed by atoms with Crippen molar-refractivity contribution in [1.82, 2.24) is 0 Å². The van der Waals surface area contributed by atoms with Gasteiger partial charge in [0.1, 0.15) is 5.75 Å². The highest BCUT2D eigenvalue weighted by atomic mass is 79.9. The molecule has 1 amide bonds. The van der Waals surface area contributed by atoms with Gasteiger partial charge in [0.15, 0.2) is 0 Å². The van der Waals surface area contributed by atoms with Crippen LogP contribution >= 0.6 is 15.9 Å². The maximum absolute atomic E-state index is 12.0. The number of benzene rings is 2. The van der Waals surface area contributed by atoms with E-state index in [4.69, 9.17) is 9.47 Å². The molecular weight excluding hydrogens is 350 g/mol. The molecule has 0 atom stereocenters. The van der Waals surface area contributed by atoms with Crippen molar-refractivity contribution in [3.63, 3.8) is 0 Å². The van der Waals surface area contributed by atoms with Gasteiger partial charge in [-0.05, 0) is 43.3 Å². The molecule has 1 N–H and O–H groups in total. The number of carbonyl (C=O) groups excluding carboxylic acids is 2. The molecule has 0 bridgehead atoms. The molecule has 0 aliphatic carbocycles. The molecular formula is C16H14BrNO4. The molecule has 0 saturated heterocycles. The summed E-state index contributed by atoms with van der Waals surface area (Å²) in [4.78, 5) is 23.4. The molecule has 0 aromatic heterocycles. The van der Waals surface area contributed by atoms with Gasteiger partial charge in [0.2, 0.25) is 0 Å². The molecule has 6 heteroatoms. The molecule has 0 unspecified atom stereocenters. The van der Waals surface area contributed by atoms with Crippen molar-refractivity contribution >= 4 is 33.7 Å². The average Bonchev–Trinajstić information content (AvgIpc) is 2.48. The van der Waals surface area contributed by atoms with Crippen molar-refractivity contribution in [3.8, 4) is 5.75 Å². The Morgan fingerprint density at radius 2 is 1.86 bits per heavy atom. The topological polar surface area (TPSA) is 64.6 Å². The predicted molar refractivity (Wildman–Crippen MR) is 86.2 cm³/mol. The van der Waals surface area contributed by atoms with E-state index in [0.29, 0.717) is 17.0 Å². The molecule has 0 aliphatic heterocycles. The van der Waals surface area contributed by atoms with E-state index >= 15 is 0 Å². The van der Waals surface area contributed by atoms with Gasteiger partial charge in [-0.15, -0.1) is 0 Å². The molecule has 22 heavy (non-hydrogen) atoms. The monoisotopic (exact) mass is 363 g/mol. The maximum atomic E-state index is 12.0. The van der Waals surface area contributed by atoms with Crippen LogP contribution in [0.2, 0.25) is 0 Å². The predicted octanol–water partition coefficient (Wildman–Crippen LogP) is 4.24. The molecule has 114 valence electrons. The van der Waals surface area contributed by atoms with E-state index in [0.717, 1.165) is 4.47 Å². The number of carbonyl (C=O) groups is 2. The largest absolute Gasteiger partial charge is 0.450 e. The number of hydrogen-bond donors (Lipinski definition) is 1. The summed E-state index contributed by atoms with van der Waals surface area (Å²) in [7, 11) is 0. The summed E-state index contributed by atoms with van der Waals surface area (Å²) in [5.74, 6) is -0.136. The average molecular weight is 364 g/mol. The number of hydrogen-bond acceptors (Lipinski definition) is 4. The second kappa shape index (κ2) is 7.61. The van der Waals surface area contributed by atoms with Crippen LogP contribution < -0.4 is 10.1 Å². The minimum Gasteiger partial charge on any atom is -0.450 e. The van der Waals surface area contributed by atoms with E-state index < -0.39 is 12.1 Å². The summed E-state index contributed by atoms with van der Waals surface area (Å²) in [6, 6.07) is 13.4. The van der Waals surface area contributed by atoms with E-state index in [1.165, 1.54) is 0 Å². The number of halogens is 1. The highest BCUT2D eigenvalue weighted by Gasteiger charge is 2.09. The fourth-order valence-corrected chi connectivity index (χ4v) is 1.94. The summed E-state index contributed by atoms with van der Waals surface area (Å²) in [6.07, 6.45) is -0.557. The first-order valence-corrected chi connectivity index (χ1v) is 7.39.